The van der Waals surface area contributed by atoms with Crippen LogP contribution in [0.4, 0.5) is 0 Å². The van der Waals surface area contributed by atoms with Crippen molar-refractivity contribution in [2.75, 3.05) is 0 Å². The molecule has 1 fully saturated rings. The molecule has 0 aromatic rings. The van der Waals surface area contributed by atoms with E-state index in [-0.39, 0.29) is 30.4 Å². The zero-order valence-electron chi connectivity index (χ0n) is 28.3. The Kier molecular flexibility index (Phi) is 21.6. The summed E-state index contributed by atoms with van der Waals surface area (Å²) in [5, 5.41) is 41.8. The first kappa shape index (κ1) is 39.2. The van der Waals surface area contributed by atoms with E-state index < -0.39 is 18.3 Å². The molecule has 1 unspecified atom stereocenters. The van der Waals surface area contributed by atoms with Crippen LogP contribution >= 0.6 is 0 Å². The van der Waals surface area contributed by atoms with Crippen molar-refractivity contribution in [1.82, 2.24) is 0 Å². The van der Waals surface area contributed by atoms with Crippen LogP contribution in [0.5, 0.6) is 0 Å². The predicted octanol–water partition coefficient (Wildman–Crippen LogP) is 7.84. The van der Waals surface area contributed by atoms with E-state index in [1.54, 1.807) is 6.08 Å². The summed E-state index contributed by atoms with van der Waals surface area (Å²) in [7, 11) is 0. The van der Waals surface area contributed by atoms with Crippen molar-refractivity contribution in [2.24, 2.45) is 0 Å². The van der Waals surface area contributed by atoms with Crippen LogP contribution < -0.4 is 0 Å². The number of aliphatic hydroxyl groups is 4. The molecular weight excluding hydrogens is 556 g/mol. The molecule has 2 aliphatic heterocycles. The summed E-state index contributed by atoms with van der Waals surface area (Å²) in [6.45, 7) is 4.09. The normalized spacial score (nSPS) is 23.0. The number of hydrogen-bond donors (Lipinski definition) is 4. The van der Waals surface area contributed by atoms with Gasteiger partial charge in [-0.1, -0.05) is 116 Å². The van der Waals surface area contributed by atoms with Crippen LogP contribution in [0, 0.1) is 0 Å². The fraction of sp³-hybridized carbons (Fsp3) is 0.919. The largest absolute Gasteiger partial charge is 0.455 e. The van der Waals surface area contributed by atoms with E-state index in [1.165, 1.54) is 57.8 Å². The molecule has 258 valence electrons. The van der Waals surface area contributed by atoms with Crippen LogP contribution in [0.3, 0.4) is 0 Å². The SMILES string of the molecule is CCCCCCCCCCCC[C@H](O)[C@H]1CCC([C@H](O)CC[C@@H](O)CCCCCCCCC[C@@H](O)CC2=C[C@H](C)OC2=O)O1. The Balaban J connectivity index is 1.39. The van der Waals surface area contributed by atoms with E-state index in [9.17, 15) is 25.2 Å². The van der Waals surface area contributed by atoms with E-state index in [4.69, 9.17) is 9.47 Å². The molecule has 44 heavy (non-hydrogen) atoms. The van der Waals surface area contributed by atoms with Crippen molar-refractivity contribution in [3.63, 3.8) is 0 Å². The van der Waals surface area contributed by atoms with Gasteiger partial charge in [0, 0.05) is 12.0 Å². The maximum atomic E-state index is 11.6. The Bertz CT molecular complexity index is 756. The maximum absolute atomic E-state index is 11.6. The highest BCUT2D eigenvalue weighted by atomic mass is 16.5. The summed E-state index contributed by atoms with van der Waals surface area (Å²) in [6, 6.07) is 0. The van der Waals surface area contributed by atoms with Gasteiger partial charge in [-0.25, -0.2) is 4.79 Å². The standard InChI is InChI=1S/C37H68O7/c1-3-4-5-6-7-8-9-13-16-19-22-33(40)35-25-26-36(44-35)34(41)24-23-31(38)20-17-14-11-10-12-15-18-21-32(39)28-30-27-29(2)43-37(30)42/h27,29,31-36,38-41H,3-26,28H2,1-2H3/t29-,31-,32+,33-,34+,35+,36?/m0/s1. The third kappa shape index (κ3) is 17.6. The van der Waals surface area contributed by atoms with Gasteiger partial charge in [0.25, 0.3) is 0 Å². The van der Waals surface area contributed by atoms with Gasteiger partial charge < -0.3 is 29.9 Å². The topological polar surface area (TPSA) is 116 Å². The summed E-state index contributed by atoms with van der Waals surface area (Å²) in [5.41, 5.74) is 0.604. The van der Waals surface area contributed by atoms with Crippen molar-refractivity contribution in [2.45, 2.75) is 217 Å². The second kappa shape index (κ2) is 24.2. The minimum atomic E-state index is -0.579. The lowest BCUT2D eigenvalue weighted by Gasteiger charge is -2.23. The minimum absolute atomic E-state index is 0.164. The van der Waals surface area contributed by atoms with Gasteiger partial charge >= 0.3 is 5.97 Å². The zero-order valence-corrected chi connectivity index (χ0v) is 28.3. The van der Waals surface area contributed by atoms with E-state index >= 15 is 0 Å². The monoisotopic (exact) mass is 624 g/mol. The van der Waals surface area contributed by atoms with Crippen molar-refractivity contribution in [3.8, 4) is 0 Å². The van der Waals surface area contributed by atoms with Gasteiger partial charge in [-0.3, -0.25) is 0 Å². The number of cyclic esters (lactones) is 1. The zero-order chi connectivity index (χ0) is 32.0. The van der Waals surface area contributed by atoms with Crippen LogP contribution in [0.25, 0.3) is 0 Å². The number of carbonyl (C=O) groups is 1. The lowest BCUT2D eigenvalue weighted by atomic mass is 9.99. The van der Waals surface area contributed by atoms with E-state index in [0.717, 1.165) is 77.0 Å². The molecule has 0 radical (unpaired) electrons. The molecule has 0 aliphatic carbocycles. The highest BCUT2D eigenvalue weighted by molar-refractivity contribution is 5.90. The molecule has 7 heteroatoms. The average molecular weight is 625 g/mol. The summed E-state index contributed by atoms with van der Waals surface area (Å²) >= 11 is 0. The number of aliphatic hydroxyl groups excluding tert-OH is 4. The molecule has 2 heterocycles. The second-order valence-electron chi connectivity index (χ2n) is 13.8. The smallest absolute Gasteiger partial charge is 0.334 e. The number of carbonyl (C=O) groups excluding carboxylic acids is 1. The summed E-state index contributed by atoms with van der Waals surface area (Å²) < 4.78 is 11.1. The summed E-state index contributed by atoms with van der Waals surface area (Å²) in [4.78, 5) is 11.6. The Morgan fingerprint density at radius 2 is 1.09 bits per heavy atom. The van der Waals surface area contributed by atoms with E-state index in [0.29, 0.717) is 31.3 Å². The van der Waals surface area contributed by atoms with Crippen molar-refractivity contribution in [1.29, 1.82) is 0 Å². The summed E-state index contributed by atoms with van der Waals surface area (Å²) in [5.74, 6) is -0.292. The molecule has 0 saturated carbocycles. The van der Waals surface area contributed by atoms with Gasteiger partial charge in [0.05, 0.1) is 36.6 Å². The maximum Gasteiger partial charge on any atom is 0.334 e. The number of ether oxygens (including phenoxy) is 2. The van der Waals surface area contributed by atoms with E-state index in [2.05, 4.69) is 6.92 Å². The third-order valence-electron chi connectivity index (χ3n) is 9.61. The highest BCUT2D eigenvalue weighted by Crippen LogP contribution is 2.28. The molecule has 0 bridgehead atoms. The molecular formula is C37H68O7. The molecule has 0 amide bonds. The molecule has 2 rings (SSSR count). The van der Waals surface area contributed by atoms with Gasteiger partial charge in [-0.2, -0.15) is 0 Å². The number of hydrogen-bond acceptors (Lipinski definition) is 7. The third-order valence-corrected chi connectivity index (χ3v) is 9.61. The molecule has 2 aliphatic rings. The first-order valence-corrected chi connectivity index (χ1v) is 18.6. The minimum Gasteiger partial charge on any atom is -0.455 e. The fourth-order valence-corrected chi connectivity index (χ4v) is 6.76. The molecule has 1 saturated heterocycles. The Labute approximate surface area is 269 Å². The quantitative estimate of drug-likeness (QED) is 0.0518. The van der Waals surface area contributed by atoms with Gasteiger partial charge in [-0.15, -0.1) is 0 Å². The van der Waals surface area contributed by atoms with Gasteiger partial charge in [0.2, 0.25) is 0 Å². The first-order valence-electron chi connectivity index (χ1n) is 18.6. The number of rotatable bonds is 28. The first-order chi connectivity index (χ1) is 21.3. The second-order valence-corrected chi connectivity index (χ2v) is 13.8. The Hall–Kier alpha value is -0.990. The molecule has 0 spiro atoms. The Morgan fingerprint density at radius 3 is 1.59 bits per heavy atom. The molecule has 0 aromatic heterocycles. The van der Waals surface area contributed by atoms with Crippen molar-refractivity contribution in [3.05, 3.63) is 11.6 Å². The highest BCUT2D eigenvalue weighted by Gasteiger charge is 2.34. The lowest BCUT2D eigenvalue weighted by Crippen LogP contribution is -2.31. The molecule has 4 N–H and O–H groups in total. The predicted molar refractivity (Wildman–Crippen MR) is 177 cm³/mol. The summed E-state index contributed by atoms with van der Waals surface area (Å²) in [6.07, 6.45) is 25.1. The van der Waals surface area contributed by atoms with E-state index in [1.807, 2.05) is 6.92 Å². The van der Waals surface area contributed by atoms with Gasteiger partial charge in [0.15, 0.2) is 0 Å². The van der Waals surface area contributed by atoms with Crippen LogP contribution in [-0.2, 0) is 14.3 Å². The molecule has 7 atom stereocenters. The molecule has 0 aromatic carbocycles. The van der Waals surface area contributed by atoms with Crippen LogP contribution in [0.1, 0.15) is 174 Å². The van der Waals surface area contributed by atoms with Crippen molar-refractivity contribution >= 4 is 5.97 Å². The Morgan fingerprint density at radius 1 is 0.636 bits per heavy atom. The van der Waals surface area contributed by atoms with Crippen LogP contribution in [0.2, 0.25) is 0 Å². The lowest BCUT2D eigenvalue weighted by molar-refractivity contribution is -0.139. The van der Waals surface area contributed by atoms with Crippen molar-refractivity contribution < 1.29 is 34.7 Å². The number of esters is 1. The number of unbranched alkanes of at least 4 members (excludes halogenated alkanes) is 15. The van der Waals surface area contributed by atoms with Crippen LogP contribution in [-0.4, -0.2) is 69.1 Å². The molecule has 7 nitrogen and oxygen atoms in total. The van der Waals surface area contributed by atoms with Crippen LogP contribution in [0.15, 0.2) is 11.6 Å². The van der Waals surface area contributed by atoms with Gasteiger partial charge in [-0.05, 0) is 57.9 Å². The fourth-order valence-electron chi connectivity index (χ4n) is 6.76. The average Bonchev–Trinajstić information content (AvgIpc) is 3.62. The van der Waals surface area contributed by atoms with Gasteiger partial charge in [0.1, 0.15) is 6.10 Å².